The number of esters is 1. The minimum atomic E-state index is -3.64. The van der Waals surface area contributed by atoms with E-state index in [1.54, 1.807) is 39.0 Å². The van der Waals surface area contributed by atoms with Gasteiger partial charge in [-0.2, -0.15) is 0 Å². The van der Waals surface area contributed by atoms with Crippen LogP contribution in [-0.4, -0.2) is 26.5 Å². The molecule has 1 rings (SSSR count). The summed E-state index contributed by atoms with van der Waals surface area (Å²) in [4.78, 5) is 11.0. The molecule has 0 aliphatic heterocycles. The number of hydrogen-bond acceptors (Lipinski definition) is 4. The van der Waals surface area contributed by atoms with Crippen LogP contribution >= 0.6 is 15.9 Å². The Morgan fingerprint density at radius 3 is 2.48 bits per heavy atom. The second-order valence-electron chi connectivity index (χ2n) is 5.66. The molecule has 0 heterocycles. The van der Waals surface area contributed by atoms with Crippen molar-refractivity contribution in [1.29, 1.82) is 0 Å². The number of halogens is 1. The SMILES string of the molecule is CC(=O)OCCc1c(Br)cccc1S(=O)(=O)NC(C)(C)C. The number of carbonyl (C=O) groups excluding carboxylic acids is 1. The predicted octanol–water partition coefficient (Wildman–Crippen LogP) is 2.63. The van der Waals surface area contributed by atoms with Gasteiger partial charge in [0.1, 0.15) is 0 Å². The van der Waals surface area contributed by atoms with E-state index in [9.17, 15) is 13.2 Å². The predicted molar refractivity (Wildman–Crippen MR) is 84.6 cm³/mol. The van der Waals surface area contributed by atoms with Gasteiger partial charge in [0.25, 0.3) is 0 Å². The third kappa shape index (κ3) is 5.76. The van der Waals surface area contributed by atoms with E-state index in [1.165, 1.54) is 6.92 Å². The number of carbonyl (C=O) groups is 1. The van der Waals surface area contributed by atoms with Gasteiger partial charge in [0.2, 0.25) is 10.0 Å². The second-order valence-corrected chi connectivity index (χ2v) is 8.17. The summed E-state index contributed by atoms with van der Waals surface area (Å²) in [5, 5.41) is 0. The number of sulfonamides is 1. The van der Waals surface area contributed by atoms with Crippen molar-refractivity contribution in [3.8, 4) is 0 Å². The third-order valence-corrected chi connectivity index (χ3v) is 5.05. The summed E-state index contributed by atoms with van der Waals surface area (Å²) in [5.41, 5.74) is 0.0180. The van der Waals surface area contributed by atoms with E-state index >= 15 is 0 Å². The van der Waals surface area contributed by atoms with Crippen molar-refractivity contribution in [2.75, 3.05) is 6.61 Å². The molecule has 0 amide bonds. The number of hydrogen-bond donors (Lipinski definition) is 1. The topological polar surface area (TPSA) is 72.5 Å². The fourth-order valence-corrected chi connectivity index (χ4v) is 4.19. The molecule has 0 saturated heterocycles. The fraction of sp³-hybridized carbons (Fsp3) is 0.500. The molecule has 118 valence electrons. The lowest BCUT2D eigenvalue weighted by Gasteiger charge is -2.22. The maximum absolute atomic E-state index is 12.5. The first-order chi connectivity index (χ1) is 9.53. The molecule has 0 bridgehead atoms. The molecular formula is C14H20BrNO4S. The van der Waals surface area contributed by atoms with Crippen LogP contribution in [-0.2, 0) is 26.0 Å². The Morgan fingerprint density at radius 1 is 1.33 bits per heavy atom. The summed E-state index contributed by atoms with van der Waals surface area (Å²) in [6.45, 7) is 6.79. The van der Waals surface area contributed by atoms with E-state index in [0.717, 1.165) is 0 Å². The van der Waals surface area contributed by atoms with Gasteiger partial charge in [-0.1, -0.05) is 22.0 Å². The molecule has 0 aliphatic carbocycles. The summed E-state index contributed by atoms with van der Waals surface area (Å²) in [6, 6.07) is 4.97. The van der Waals surface area contributed by atoms with Crippen LogP contribution in [0.25, 0.3) is 0 Å². The Hall–Kier alpha value is -0.920. The van der Waals surface area contributed by atoms with Crippen LogP contribution in [0.2, 0.25) is 0 Å². The summed E-state index contributed by atoms with van der Waals surface area (Å²) < 4.78 is 33.1. The molecule has 1 N–H and O–H groups in total. The number of benzene rings is 1. The highest BCUT2D eigenvalue weighted by atomic mass is 79.9. The van der Waals surface area contributed by atoms with Gasteiger partial charge in [0.15, 0.2) is 0 Å². The molecule has 0 saturated carbocycles. The van der Waals surface area contributed by atoms with Gasteiger partial charge >= 0.3 is 5.97 Å². The van der Waals surface area contributed by atoms with E-state index in [-0.39, 0.29) is 17.5 Å². The van der Waals surface area contributed by atoms with Gasteiger partial charge in [-0.15, -0.1) is 0 Å². The molecule has 21 heavy (non-hydrogen) atoms. The van der Waals surface area contributed by atoms with Gasteiger partial charge in [0.05, 0.1) is 11.5 Å². The summed E-state index contributed by atoms with van der Waals surface area (Å²) >= 11 is 3.35. The molecule has 0 atom stereocenters. The first-order valence-corrected chi connectivity index (χ1v) is 8.75. The van der Waals surface area contributed by atoms with E-state index in [4.69, 9.17) is 4.74 Å². The number of ether oxygens (including phenoxy) is 1. The highest BCUT2D eigenvalue weighted by molar-refractivity contribution is 9.10. The highest BCUT2D eigenvalue weighted by Crippen LogP contribution is 2.26. The summed E-state index contributed by atoms with van der Waals surface area (Å²) in [6.07, 6.45) is 0.321. The molecule has 1 aromatic rings. The maximum atomic E-state index is 12.5. The molecule has 0 unspecified atom stereocenters. The maximum Gasteiger partial charge on any atom is 0.302 e. The van der Waals surface area contributed by atoms with Gasteiger partial charge in [0, 0.05) is 23.4 Å². The quantitative estimate of drug-likeness (QED) is 0.800. The third-order valence-electron chi connectivity index (χ3n) is 2.46. The van der Waals surface area contributed by atoms with E-state index in [0.29, 0.717) is 16.5 Å². The van der Waals surface area contributed by atoms with E-state index in [1.807, 2.05) is 0 Å². The zero-order valence-electron chi connectivity index (χ0n) is 12.6. The van der Waals surface area contributed by atoms with Crippen LogP contribution in [0.3, 0.4) is 0 Å². The zero-order chi connectivity index (χ0) is 16.3. The summed E-state index contributed by atoms with van der Waals surface area (Å²) in [7, 11) is -3.64. The lowest BCUT2D eigenvalue weighted by molar-refractivity contribution is -0.140. The van der Waals surface area contributed by atoms with Crippen molar-refractivity contribution >= 4 is 31.9 Å². The molecule has 0 spiro atoms. The molecule has 5 nitrogen and oxygen atoms in total. The number of nitrogens with one attached hydrogen (secondary N) is 1. The van der Waals surface area contributed by atoms with Crippen LogP contribution in [0, 0.1) is 0 Å². The van der Waals surface area contributed by atoms with E-state index < -0.39 is 15.6 Å². The molecule has 0 fully saturated rings. The van der Waals surface area contributed by atoms with Crippen LogP contribution in [0.5, 0.6) is 0 Å². The normalized spacial score (nSPS) is 12.2. The molecular weight excluding hydrogens is 358 g/mol. The van der Waals surface area contributed by atoms with Gasteiger partial charge in [-0.05, 0) is 38.5 Å². The fourth-order valence-electron chi connectivity index (χ4n) is 1.79. The second kappa shape index (κ2) is 6.89. The van der Waals surface area contributed by atoms with Gasteiger partial charge in [-0.25, -0.2) is 13.1 Å². The van der Waals surface area contributed by atoms with Crippen LogP contribution in [0.15, 0.2) is 27.6 Å². The minimum absolute atomic E-state index is 0.135. The standard InChI is InChI=1S/C14H20BrNO4S/c1-10(17)20-9-8-11-12(15)6-5-7-13(11)21(18,19)16-14(2,3)4/h5-7,16H,8-9H2,1-4H3. The number of rotatable bonds is 5. The molecule has 1 aromatic carbocycles. The Bertz CT molecular complexity index is 620. The van der Waals surface area contributed by atoms with Crippen LogP contribution < -0.4 is 4.72 Å². The van der Waals surface area contributed by atoms with Crippen molar-refractivity contribution in [3.05, 3.63) is 28.2 Å². The van der Waals surface area contributed by atoms with Gasteiger partial charge in [-0.3, -0.25) is 4.79 Å². The lowest BCUT2D eigenvalue weighted by atomic mass is 10.1. The molecule has 0 aromatic heterocycles. The Labute approximate surface area is 134 Å². The van der Waals surface area contributed by atoms with E-state index in [2.05, 4.69) is 20.7 Å². The highest BCUT2D eigenvalue weighted by Gasteiger charge is 2.25. The van der Waals surface area contributed by atoms with Crippen LogP contribution in [0.1, 0.15) is 33.3 Å². The lowest BCUT2D eigenvalue weighted by Crippen LogP contribution is -2.40. The first kappa shape index (κ1) is 18.1. The molecule has 0 radical (unpaired) electrons. The van der Waals surface area contributed by atoms with Crippen molar-refractivity contribution in [2.45, 2.75) is 44.6 Å². The average molecular weight is 378 g/mol. The van der Waals surface area contributed by atoms with Crippen molar-refractivity contribution in [2.24, 2.45) is 0 Å². The zero-order valence-corrected chi connectivity index (χ0v) is 15.0. The smallest absolute Gasteiger partial charge is 0.302 e. The molecule has 7 heteroatoms. The van der Waals surface area contributed by atoms with Crippen molar-refractivity contribution < 1.29 is 17.9 Å². The minimum Gasteiger partial charge on any atom is -0.466 e. The largest absolute Gasteiger partial charge is 0.466 e. The monoisotopic (exact) mass is 377 g/mol. The average Bonchev–Trinajstić information content (AvgIpc) is 2.27. The summed E-state index contributed by atoms with van der Waals surface area (Å²) in [5.74, 6) is -0.390. The Balaban J connectivity index is 3.12. The molecule has 0 aliphatic rings. The Kier molecular flexibility index (Phi) is 5.95. The first-order valence-electron chi connectivity index (χ1n) is 6.48. The Morgan fingerprint density at radius 2 is 1.95 bits per heavy atom. The van der Waals surface area contributed by atoms with Crippen molar-refractivity contribution in [3.63, 3.8) is 0 Å². The van der Waals surface area contributed by atoms with Crippen LogP contribution in [0.4, 0.5) is 0 Å². The van der Waals surface area contributed by atoms with Gasteiger partial charge < -0.3 is 4.74 Å². The van der Waals surface area contributed by atoms with Crippen molar-refractivity contribution in [1.82, 2.24) is 4.72 Å².